The van der Waals surface area contributed by atoms with Gasteiger partial charge in [0.05, 0.1) is 6.61 Å². The van der Waals surface area contributed by atoms with Gasteiger partial charge in [-0.15, -0.1) is 0 Å². The highest BCUT2D eigenvalue weighted by Gasteiger charge is 2.22. The number of rotatable bonds is 6. The van der Waals surface area contributed by atoms with Crippen LogP contribution in [0.5, 0.6) is 0 Å². The first-order valence-electron chi connectivity index (χ1n) is 8.70. The highest BCUT2D eigenvalue weighted by Crippen LogP contribution is 2.21. The van der Waals surface area contributed by atoms with E-state index in [-0.39, 0.29) is 5.97 Å². The molecule has 0 saturated carbocycles. The third-order valence-corrected chi connectivity index (χ3v) is 4.58. The second kappa shape index (κ2) is 8.11. The molecular formula is C19H25N3O2. The van der Waals surface area contributed by atoms with Crippen LogP contribution in [0.15, 0.2) is 42.7 Å². The fourth-order valence-corrected chi connectivity index (χ4v) is 3.29. The van der Waals surface area contributed by atoms with Gasteiger partial charge in [0.1, 0.15) is 0 Å². The molecule has 1 fully saturated rings. The molecule has 1 aliphatic rings. The van der Waals surface area contributed by atoms with E-state index in [0.29, 0.717) is 18.3 Å². The Morgan fingerprint density at radius 2 is 2.00 bits per heavy atom. The monoisotopic (exact) mass is 327 g/mol. The molecule has 1 aromatic heterocycles. The molecule has 0 N–H and O–H groups in total. The minimum atomic E-state index is -0.330. The average Bonchev–Trinajstić information content (AvgIpc) is 3.06. The molecule has 0 amide bonds. The molecule has 0 atom stereocenters. The van der Waals surface area contributed by atoms with Gasteiger partial charge in [0.25, 0.3) is 0 Å². The van der Waals surface area contributed by atoms with Crippen LogP contribution in [0.4, 0.5) is 0 Å². The molecule has 0 radical (unpaired) electrons. The molecule has 1 aliphatic heterocycles. The van der Waals surface area contributed by atoms with Crippen molar-refractivity contribution >= 4 is 5.97 Å². The summed E-state index contributed by atoms with van der Waals surface area (Å²) in [6.07, 6.45) is 5.85. The summed E-state index contributed by atoms with van der Waals surface area (Å²) in [5.41, 5.74) is 1.37. The van der Waals surface area contributed by atoms with Crippen molar-refractivity contribution in [1.82, 2.24) is 14.5 Å². The van der Waals surface area contributed by atoms with Crippen LogP contribution in [0.25, 0.3) is 0 Å². The number of imidazole rings is 1. The third-order valence-electron chi connectivity index (χ3n) is 4.58. The molecule has 0 spiro atoms. The largest absolute Gasteiger partial charge is 0.460 e. The average molecular weight is 327 g/mol. The van der Waals surface area contributed by atoms with Crippen molar-refractivity contribution in [2.24, 2.45) is 5.92 Å². The summed E-state index contributed by atoms with van der Waals surface area (Å²) in [5, 5.41) is 0. The number of benzene rings is 1. The third kappa shape index (κ3) is 4.23. The van der Waals surface area contributed by atoms with Crippen molar-refractivity contribution in [2.45, 2.75) is 32.9 Å². The molecule has 1 aromatic carbocycles. The van der Waals surface area contributed by atoms with E-state index in [4.69, 9.17) is 4.74 Å². The van der Waals surface area contributed by atoms with Crippen molar-refractivity contribution < 1.29 is 9.53 Å². The van der Waals surface area contributed by atoms with Crippen LogP contribution in [-0.2, 0) is 17.8 Å². The number of aromatic nitrogens is 2. The number of carbonyl (C=O) groups is 1. The number of esters is 1. The zero-order valence-corrected chi connectivity index (χ0v) is 14.2. The maximum Gasteiger partial charge on any atom is 0.374 e. The molecule has 0 unspecified atom stereocenters. The molecule has 128 valence electrons. The Morgan fingerprint density at radius 3 is 2.71 bits per heavy atom. The van der Waals surface area contributed by atoms with Gasteiger partial charge in [-0.25, -0.2) is 9.78 Å². The molecule has 0 bridgehead atoms. The summed E-state index contributed by atoms with van der Waals surface area (Å²) in [7, 11) is 0. The van der Waals surface area contributed by atoms with Crippen LogP contribution >= 0.6 is 0 Å². The second-order valence-corrected chi connectivity index (χ2v) is 6.33. The first-order chi connectivity index (χ1) is 11.8. The minimum absolute atomic E-state index is 0.330. The molecule has 1 saturated heterocycles. The van der Waals surface area contributed by atoms with E-state index in [2.05, 4.69) is 40.2 Å². The van der Waals surface area contributed by atoms with Crippen LogP contribution in [0.3, 0.4) is 0 Å². The normalized spacial score (nSPS) is 16.2. The highest BCUT2D eigenvalue weighted by molar-refractivity contribution is 5.85. The van der Waals surface area contributed by atoms with Crippen LogP contribution in [0.1, 0.15) is 35.9 Å². The van der Waals surface area contributed by atoms with Gasteiger partial charge in [0.2, 0.25) is 5.82 Å². The molecular weight excluding hydrogens is 302 g/mol. The lowest BCUT2D eigenvalue weighted by atomic mass is 9.96. The molecule has 0 aliphatic carbocycles. The fourth-order valence-electron chi connectivity index (χ4n) is 3.29. The second-order valence-electron chi connectivity index (χ2n) is 6.33. The predicted octanol–water partition coefficient (Wildman–Crippen LogP) is 2.97. The van der Waals surface area contributed by atoms with E-state index in [1.54, 1.807) is 6.20 Å². The fraction of sp³-hybridized carbons (Fsp3) is 0.474. The number of ether oxygens (including phenoxy) is 1. The Hall–Kier alpha value is -2.14. The Balaban J connectivity index is 1.51. The number of carbonyl (C=O) groups excluding carboxylic acids is 1. The summed E-state index contributed by atoms with van der Waals surface area (Å²) in [6.45, 7) is 6.25. The number of nitrogens with zero attached hydrogens (tertiary/aromatic N) is 3. The predicted molar refractivity (Wildman–Crippen MR) is 92.6 cm³/mol. The van der Waals surface area contributed by atoms with Crippen LogP contribution in [-0.4, -0.2) is 40.1 Å². The van der Waals surface area contributed by atoms with Gasteiger partial charge in [0, 0.05) is 25.5 Å². The number of piperidine rings is 1. The van der Waals surface area contributed by atoms with E-state index in [0.717, 1.165) is 39.0 Å². The maximum absolute atomic E-state index is 11.9. The van der Waals surface area contributed by atoms with Crippen molar-refractivity contribution in [3.63, 3.8) is 0 Å². The first-order valence-corrected chi connectivity index (χ1v) is 8.70. The Bertz CT molecular complexity index is 646. The smallest absolute Gasteiger partial charge is 0.374 e. The van der Waals surface area contributed by atoms with E-state index in [1.807, 2.05) is 17.7 Å². The standard InChI is InChI=1S/C19H25N3O2/c1-2-24-19(23)18-20-10-13-22(18)15-17-8-11-21(12-9-17)14-16-6-4-3-5-7-16/h3-7,10,13,17H,2,8-9,11-12,14-15H2,1H3. The van der Waals surface area contributed by atoms with Crippen LogP contribution in [0, 0.1) is 5.92 Å². The lowest BCUT2D eigenvalue weighted by Gasteiger charge is -2.32. The van der Waals surface area contributed by atoms with Crippen molar-refractivity contribution in [1.29, 1.82) is 0 Å². The van der Waals surface area contributed by atoms with Gasteiger partial charge in [-0.3, -0.25) is 4.90 Å². The number of hydrogen-bond donors (Lipinski definition) is 0. The lowest BCUT2D eigenvalue weighted by Crippen LogP contribution is -2.34. The molecule has 5 nitrogen and oxygen atoms in total. The van der Waals surface area contributed by atoms with Gasteiger partial charge >= 0.3 is 5.97 Å². The van der Waals surface area contributed by atoms with Gasteiger partial charge in [0.15, 0.2) is 0 Å². The molecule has 24 heavy (non-hydrogen) atoms. The summed E-state index contributed by atoms with van der Waals surface area (Å²) >= 11 is 0. The Labute approximate surface area is 143 Å². The maximum atomic E-state index is 11.9. The summed E-state index contributed by atoms with van der Waals surface area (Å²) < 4.78 is 7.01. The van der Waals surface area contributed by atoms with Crippen LogP contribution in [0.2, 0.25) is 0 Å². The van der Waals surface area contributed by atoms with Gasteiger partial charge in [-0.05, 0) is 44.3 Å². The summed E-state index contributed by atoms with van der Waals surface area (Å²) in [6, 6.07) is 10.6. The van der Waals surface area contributed by atoms with Gasteiger partial charge in [-0.2, -0.15) is 0 Å². The Kier molecular flexibility index (Phi) is 5.64. The molecule has 2 aromatic rings. The number of hydrogen-bond acceptors (Lipinski definition) is 4. The van der Waals surface area contributed by atoms with Crippen molar-refractivity contribution in [3.05, 3.63) is 54.1 Å². The van der Waals surface area contributed by atoms with Crippen LogP contribution < -0.4 is 0 Å². The zero-order valence-electron chi connectivity index (χ0n) is 14.2. The van der Waals surface area contributed by atoms with Gasteiger partial charge < -0.3 is 9.30 Å². The molecule has 3 rings (SSSR count). The van der Waals surface area contributed by atoms with Crippen molar-refractivity contribution in [2.75, 3.05) is 19.7 Å². The van der Waals surface area contributed by atoms with E-state index in [1.165, 1.54) is 5.56 Å². The topological polar surface area (TPSA) is 47.4 Å². The van der Waals surface area contributed by atoms with E-state index >= 15 is 0 Å². The quantitative estimate of drug-likeness (QED) is 0.765. The summed E-state index contributed by atoms with van der Waals surface area (Å²) in [5.74, 6) is 0.673. The van der Waals surface area contributed by atoms with E-state index < -0.39 is 0 Å². The van der Waals surface area contributed by atoms with Gasteiger partial charge in [-0.1, -0.05) is 30.3 Å². The highest BCUT2D eigenvalue weighted by atomic mass is 16.5. The zero-order chi connectivity index (χ0) is 16.8. The Morgan fingerprint density at radius 1 is 1.25 bits per heavy atom. The van der Waals surface area contributed by atoms with E-state index in [9.17, 15) is 4.79 Å². The SMILES string of the molecule is CCOC(=O)c1nccn1CC1CCN(Cc2ccccc2)CC1. The molecule has 5 heteroatoms. The minimum Gasteiger partial charge on any atom is -0.460 e. The summed E-state index contributed by atoms with van der Waals surface area (Å²) in [4.78, 5) is 18.6. The molecule has 2 heterocycles. The number of likely N-dealkylation sites (tertiary alicyclic amines) is 1. The first kappa shape index (κ1) is 16.7. The van der Waals surface area contributed by atoms with Crippen molar-refractivity contribution in [3.8, 4) is 0 Å². The lowest BCUT2D eigenvalue weighted by molar-refractivity contribution is 0.0503.